The summed E-state index contributed by atoms with van der Waals surface area (Å²) in [4.78, 5) is 10.5. The molecule has 1 rings (SSSR count). The largest absolute Gasteiger partial charge is 0.351 e. The lowest BCUT2D eigenvalue weighted by Crippen LogP contribution is -2.39. The van der Waals surface area contributed by atoms with Crippen LogP contribution in [0.4, 0.5) is 0 Å². The molecular weight excluding hydrogens is 350 g/mol. The van der Waals surface area contributed by atoms with E-state index in [1.54, 1.807) is 0 Å². The average molecular weight is 397 g/mol. The molecule has 1 heterocycles. The molecule has 0 saturated heterocycles. The average Bonchev–Trinajstić information content (AvgIpc) is 3.19. The highest BCUT2D eigenvalue weighted by Gasteiger charge is 2.21. The van der Waals surface area contributed by atoms with Gasteiger partial charge >= 0.3 is 0 Å². The second-order valence-corrected chi connectivity index (χ2v) is 8.27. The van der Waals surface area contributed by atoms with Crippen LogP contribution >= 0.6 is 0 Å². The zero-order chi connectivity index (χ0) is 20.3. The van der Waals surface area contributed by atoms with Crippen molar-refractivity contribution in [3.63, 3.8) is 0 Å². The van der Waals surface area contributed by atoms with Crippen molar-refractivity contribution in [2.24, 2.45) is 4.99 Å². The highest BCUT2D eigenvalue weighted by Crippen LogP contribution is 2.14. The van der Waals surface area contributed by atoms with E-state index < -0.39 is 6.23 Å². The summed E-state index contributed by atoms with van der Waals surface area (Å²) in [7, 11) is 0. The SMILES string of the molecule is CCCCCCCCCCCCCCCCCCN(CC)C1=NC(O[O])CN1. The van der Waals surface area contributed by atoms with E-state index >= 15 is 0 Å². The van der Waals surface area contributed by atoms with E-state index in [0.29, 0.717) is 6.54 Å². The standard InChI is InChI=1S/C23H46N3O2/c1-3-5-6-7-8-9-10-11-12-13-14-15-16-17-18-19-20-26(4-2)23-24-21-22(25-23)28-27/h22H,3-21H2,1-2H3,(H,24,25). The van der Waals surface area contributed by atoms with E-state index in [2.05, 4.69) is 33.9 Å². The topological polar surface area (TPSA) is 56.8 Å². The fourth-order valence-corrected chi connectivity index (χ4v) is 3.92. The third-order valence-electron chi connectivity index (χ3n) is 5.77. The first-order valence-electron chi connectivity index (χ1n) is 12.2. The summed E-state index contributed by atoms with van der Waals surface area (Å²) in [6, 6.07) is 0. The summed E-state index contributed by atoms with van der Waals surface area (Å²) in [6.45, 7) is 6.83. The molecule has 165 valence electrons. The first kappa shape index (κ1) is 25.2. The Balaban J connectivity index is 1.83. The molecule has 1 aliphatic heterocycles. The third kappa shape index (κ3) is 12.6. The number of nitrogens with one attached hydrogen (secondary N) is 1. The van der Waals surface area contributed by atoms with Crippen LogP contribution in [0.5, 0.6) is 0 Å². The van der Waals surface area contributed by atoms with Crippen LogP contribution in [0.25, 0.3) is 0 Å². The monoisotopic (exact) mass is 396 g/mol. The van der Waals surface area contributed by atoms with Crippen molar-refractivity contribution < 1.29 is 10.1 Å². The Morgan fingerprint density at radius 2 is 1.29 bits per heavy atom. The van der Waals surface area contributed by atoms with Gasteiger partial charge in [-0.1, -0.05) is 103 Å². The number of guanidine groups is 1. The smallest absolute Gasteiger partial charge is 0.206 e. The van der Waals surface area contributed by atoms with E-state index in [9.17, 15) is 5.26 Å². The van der Waals surface area contributed by atoms with Gasteiger partial charge in [-0.05, 0) is 18.6 Å². The van der Waals surface area contributed by atoms with Crippen molar-refractivity contribution in [2.75, 3.05) is 19.6 Å². The number of rotatable bonds is 19. The van der Waals surface area contributed by atoms with Crippen molar-refractivity contribution in [3.8, 4) is 0 Å². The van der Waals surface area contributed by atoms with Gasteiger partial charge in [0, 0.05) is 13.1 Å². The Bertz CT molecular complexity index is 377. The Labute approximate surface area is 174 Å². The highest BCUT2D eigenvalue weighted by atomic mass is 17.1. The number of hydrogen-bond donors (Lipinski definition) is 1. The summed E-state index contributed by atoms with van der Waals surface area (Å²) < 4.78 is 0. The van der Waals surface area contributed by atoms with Gasteiger partial charge in [0.25, 0.3) is 0 Å². The van der Waals surface area contributed by atoms with Gasteiger partial charge in [0.1, 0.15) is 0 Å². The van der Waals surface area contributed by atoms with E-state index in [1.807, 2.05) is 0 Å². The summed E-state index contributed by atoms with van der Waals surface area (Å²) in [5.74, 6) is 0.823. The second-order valence-electron chi connectivity index (χ2n) is 8.27. The van der Waals surface area contributed by atoms with Crippen LogP contribution in [-0.2, 0) is 10.1 Å². The minimum atomic E-state index is -0.560. The molecule has 5 heteroatoms. The molecule has 0 aromatic heterocycles. The fraction of sp³-hybridized carbons (Fsp3) is 0.957. The maximum absolute atomic E-state index is 10.4. The Morgan fingerprint density at radius 1 is 0.821 bits per heavy atom. The zero-order valence-electron chi connectivity index (χ0n) is 18.7. The van der Waals surface area contributed by atoms with Crippen molar-refractivity contribution in [2.45, 2.75) is 123 Å². The van der Waals surface area contributed by atoms with E-state index in [4.69, 9.17) is 0 Å². The van der Waals surface area contributed by atoms with Gasteiger partial charge in [-0.15, -0.1) is 0 Å². The molecule has 1 unspecified atom stereocenters. The molecular formula is C23H46N3O2. The molecule has 0 bridgehead atoms. The fourth-order valence-electron chi connectivity index (χ4n) is 3.92. The number of aliphatic imine (C=N–C) groups is 1. The van der Waals surface area contributed by atoms with Crippen molar-refractivity contribution in [1.82, 2.24) is 10.2 Å². The van der Waals surface area contributed by atoms with Gasteiger partial charge < -0.3 is 10.2 Å². The number of hydrogen-bond acceptors (Lipinski definition) is 4. The third-order valence-corrected chi connectivity index (χ3v) is 5.77. The van der Waals surface area contributed by atoms with Gasteiger partial charge in [-0.3, -0.25) is 0 Å². The maximum atomic E-state index is 10.4. The van der Waals surface area contributed by atoms with Gasteiger partial charge in [0.15, 0.2) is 5.96 Å². The van der Waals surface area contributed by atoms with Gasteiger partial charge in [-0.25, -0.2) is 4.99 Å². The number of nitrogens with zero attached hydrogens (tertiary/aromatic N) is 2. The summed E-state index contributed by atoms with van der Waals surface area (Å²) in [5.41, 5.74) is 0. The molecule has 0 aromatic rings. The van der Waals surface area contributed by atoms with Crippen molar-refractivity contribution >= 4 is 5.96 Å². The van der Waals surface area contributed by atoms with Crippen LogP contribution in [0.1, 0.15) is 117 Å². The van der Waals surface area contributed by atoms with Crippen LogP contribution in [-0.4, -0.2) is 36.7 Å². The van der Waals surface area contributed by atoms with E-state index in [-0.39, 0.29) is 0 Å². The molecule has 0 aromatic carbocycles. The predicted octanol–water partition coefficient (Wildman–Crippen LogP) is 6.22. The summed E-state index contributed by atoms with van der Waals surface area (Å²) >= 11 is 0. The molecule has 28 heavy (non-hydrogen) atoms. The lowest BCUT2D eigenvalue weighted by molar-refractivity contribution is -0.329. The molecule has 0 spiro atoms. The normalized spacial score (nSPS) is 16.2. The first-order valence-corrected chi connectivity index (χ1v) is 12.2. The first-order chi connectivity index (χ1) is 13.8. The molecule has 0 fully saturated rings. The lowest BCUT2D eigenvalue weighted by Gasteiger charge is -2.22. The molecule has 5 nitrogen and oxygen atoms in total. The van der Waals surface area contributed by atoms with Gasteiger partial charge in [0.2, 0.25) is 6.23 Å². The predicted molar refractivity (Wildman–Crippen MR) is 118 cm³/mol. The van der Waals surface area contributed by atoms with Gasteiger partial charge in [0.05, 0.1) is 6.54 Å². The minimum absolute atomic E-state index is 0.494. The zero-order valence-corrected chi connectivity index (χ0v) is 18.7. The molecule has 1 N–H and O–H groups in total. The van der Waals surface area contributed by atoms with Crippen molar-refractivity contribution in [3.05, 3.63) is 0 Å². The molecule has 1 radical (unpaired) electrons. The number of unbranched alkanes of at least 4 members (excludes halogenated alkanes) is 15. The van der Waals surface area contributed by atoms with Crippen LogP contribution in [0.2, 0.25) is 0 Å². The van der Waals surface area contributed by atoms with E-state index in [1.165, 1.54) is 103 Å². The molecule has 1 atom stereocenters. The highest BCUT2D eigenvalue weighted by molar-refractivity contribution is 5.81. The van der Waals surface area contributed by atoms with Crippen LogP contribution in [0.3, 0.4) is 0 Å². The van der Waals surface area contributed by atoms with Crippen LogP contribution in [0, 0.1) is 0 Å². The quantitative estimate of drug-likeness (QED) is 0.160. The summed E-state index contributed by atoms with van der Waals surface area (Å²) in [6.07, 6.45) is 21.7. The Morgan fingerprint density at radius 3 is 1.68 bits per heavy atom. The van der Waals surface area contributed by atoms with Crippen molar-refractivity contribution in [1.29, 1.82) is 0 Å². The van der Waals surface area contributed by atoms with Crippen LogP contribution in [0.15, 0.2) is 4.99 Å². The summed E-state index contributed by atoms with van der Waals surface area (Å²) in [5, 5.41) is 13.6. The second kappa shape index (κ2) is 18.2. The maximum Gasteiger partial charge on any atom is 0.206 e. The molecule has 0 aliphatic carbocycles. The molecule has 1 aliphatic rings. The lowest BCUT2D eigenvalue weighted by atomic mass is 10.0. The van der Waals surface area contributed by atoms with Gasteiger partial charge in [-0.2, -0.15) is 4.89 Å². The molecule has 0 amide bonds. The minimum Gasteiger partial charge on any atom is -0.351 e. The Kier molecular flexibility index (Phi) is 16.4. The molecule has 0 saturated carbocycles. The van der Waals surface area contributed by atoms with E-state index in [0.717, 1.165) is 19.0 Å². The van der Waals surface area contributed by atoms with Crippen LogP contribution < -0.4 is 5.32 Å². The Hall–Kier alpha value is -0.810.